The van der Waals surface area contributed by atoms with Crippen LogP contribution in [-0.2, 0) is 0 Å². The van der Waals surface area contributed by atoms with Crippen LogP contribution in [0.1, 0.15) is 0 Å². The second-order valence-corrected chi connectivity index (χ2v) is 2.84. The lowest BCUT2D eigenvalue weighted by molar-refractivity contribution is 0.949. The van der Waals surface area contributed by atoms with Gasteiger partial charge in [0.2, 0.25) is 0 Å². The van der Waals surface area contributed by atoms with Gasteiger partial charge in [-0.15, -0.1) is 0 Å². The van der Waals surface area contributed by atoms with Crippen molar-refractivity contribution in [2.75, 3.05) is 19.0 Å². The molecule has 0 radical (unpaired) electrons. The standard InChI is InChI=1S/C8H10N4/c1-11(2)7-3-4-8-9-6-10-12(8)5-7/h3-6H,1-2H3. The zero-order chi connectivity index (χ0) is 8.55. The summed E-state index contributed by atoms with van der Waals surface area (Å²) < 4.78 is 1.76. The Hall–Kier alpha value is -1.58. The highest BCUT2D eigenvalue weighted by Gasteiger charge is 1.97. The Balaban J connectivity index is 2.60. The Kier molecular flexibility index (Phi) is 1.46. The normalized spacial score (nSPS) is 10.5. The fourth-order valence-corrected chi connectivity index (χ4v) is 1.07. The molecule has 62 valence electrons. The Labute approximate surface area is 70.4 Å². The molecule has 0 saturated carbocycles. The Morgan fingerprint density at radius 1 is 1.33 bits per heavy atom. The van der Waals surface area contributed by atoms with Crippen LogP contribution in [0, 0.1) is 0 Å². The van der Waals surface area contributed by atoms with Crippen LogP contribution < -0.4 is 4.90 Å². The number of fused-ring (bicyclic) bond motifs is 1. The first-order chi connectivity index (χ1) is 5.77. The van der Waals surface area contributed by atoms with E-state index in [2.05, 4.69) is 10.1 Å². The van der Waals surface area contributed by atoms with E-state index in [1.165, 1.54) is 0 Å². The number of hydrogen-bond donors (Lipinski definition) is 0. The molecular formula is C8H10N4. The van der Waals surface area contributed by atoms with Crippen LogP contribution in [0.25, 0.3) is 5.65 Å². The third-order valence-corrected chi connectivity index (χ3v) is 1.77. The summed E-state index contributed by atoms with van der Waals surface area (Å²) >= 11 is 0. The van der Waals surface area contributed by atoms with E-state index >= 15 is 0 Å². The Bertz CT molecular complexity index is 391. The smallest absolute Gasteiger partial charge is 0.155 e. The van der Waals surface area contributed by atoms with Crippen molar-refractivity contribution in [1.29, 1.82) is 0 Å². The van der Waals surface area contributed by atoms with Crippen LogP contribution in [0.3, 0.4) is 0 Å². The van der Waals surface area contributed by atoms with E-state index in [0.29, 0.717) is 0 Å². The summed E-state index contributed by atoms with van der Waals surface area (Å²) in [6, 6.07) is 3.96. The lowest BCUT2D eigenvalue weighted by atomic mass is 10.4. The molecule has 0 atom stereocenters. The summed E-state index contributed by atoms with van der Waals surface area (Å²) in [5, 5.41) is 4.04. The van der Waals surface area contributed by atoms with Gasteiger partial charge in [0.15, 0.2) is 5.65 Å². The lowest BCUT2D eigenvalue weighted by Gasteiger charge is -2.11. The first kappa shape index (κ1) is 7.09. The van der Waals surface area contributed by atoms with Gasteiger partial charge < -0.3 is 4.90 Å². The van der Waals surface area contributed by atoms with Gasteiger partial charge >= 0.3 is 0 Å². The summed E-state index contributed by atoms with van der Waals surface area (Å²) in [5.74, 6) is 0. The van der Waals surface area contributed by atoms with Gasteiger partial charge in [-0.05, 0) is 12.1 Å². The molecule has 0 aromatic carbocycles. The van der Waals surface area contributed by atoms with E-state index in [9.17, 15) is 0 Å². The first-order valence-electron chi connectivity index (χ1n) is 3.74. The van der Waals surface area contributed by atoms with Gasteiger partial charge in [-0.1, -0.05) is 0 Å². The SMILES string of the molecule is CN(C)c1ccc2ncnn2c1. The van der Waals surface area contributed by atoms with Crippen molar-refractivity contribution >= 4 is 11.3 Å². The lowest BCUT2D eigenvalue weighted by Crippen LogP contribution is -2.09. The van der Waals surface area contributed by atoms with Gasteiger partial charge in [-0.25, -0.2) is 9.50 Å². The maximum Gasteiger partial charge on any atom is 0.155 e. The fourth-order valence-electron chi connectivity index (χ4n) is 1.07. The van der Waals surface area contributed by atoms with E-state index in [1.54, 1.807) is 10.8 Å². The molecule has 4 heteroatoms. The largest absolute Gasteiger partial charge is 0.376 e. The molecule has 0 spiro atoms. The van der Waals surface area contributed by atoms with E-state index < -0.39 is 0 Å². The summed E-state index contributed by atoms with van der Waals surface area (Å²) in [4.78, 5) is 6.08. The van der Waals surface area contributed by atoms with Crippen molar-refractivity contribution in [3.8, 4) is 0 Å². The molecule has 0 saturated heterocycles. The highest BCUT2D eigenvalue weighted by atomic mass is 15.3. The van der Waals surface area contributed by atoms with Crippen molar-refractivity contribution in [2.45, 2.75) is 0 Å². The topological polar surface area (TPSA) is 33.4 Å². The van der Waals surface area contributed by atoms with E-state index in [0.717, 1.165) is 11.3 Å². The number of aromatic nitrogens is 3. The molecule has 12 heavy (non-hydrogen) atoms. The van der Waals surface area contributed by atoms with E-state index in [-0.39, 0.29) is 0 Å². The molecule has 0 N–H and O–H groups in total. The van der Waals surface area contributed by atoms with Crippen molar-refractivity contribution < 1.29 is 0 Å². The second kappa shape index (κ2) is 2.48. The second-order valence-electron chi connectivity index (χ2n) is 2.84. The summed E-state index contributed by atoms with van der Waals surface area (Å²) in [5.41, 5.74) is 1.99. The van der Waals surface area contributed by atoms with Gasteiger partial charge in [-0.2, -0.15) is 5.10 Å². The van der Waals surface area contributed by atoms with Crippen LogP contribution in [0.2, 0.25) is 0 Å². The molecular weight excluding hydrogens is 152 g/mol. The van der Waals surface area contributed by atoms with Gasteiger partial charge in [0.25, 0.3) is 0 Å². The minimum atomic E-state index is 0.876. The average molecular weight is 162 g/mol. The molecule has 0 fully saturated rings. The van der Waals surface area contributed by atoms with Crippen molar-refractivity contribution in [3.05, 3.63) is 24.7 Å². The number of anilines is 1. The van der Waals surface area contributed by atoms with Gasteiger partial charge in [-0.3, -0.25) is 0 Å². The van der Waals surface area contributed by atoms with Gasteiger partial charge in [0.1, 0.15) is 6.33 Å². The number of rotatable bonds is 1. The molecule has 2 aromatic heterocycles. The molecule has 4 nitrogen and oxygen atoms in total. The van der Waals surface area contributed by atoms with Crippen LogP contribution >= 0.6 is 0 Å². The number of nitrogens with zero attached hydrogens (tertiary/aromatic N) is 4. The van der Waals surface area contributed by atoms with Crippen LogP contribution in [0.15, 0.2) is 24.7 Å². The maximum absolute atomic E-state index is 4.05. The van der Waals surface area contributed by atoms with E-state index in [4.69, 9.17) is 0 Å². The summed E-state index contributed by atoms with van der Waals surface area (Å²) in [6.07, 6.45) is 3.50. The van der Waals surface area contributed by atoms with Gasteiger partial charge in [0.05, 0.1) is 11.9 Å². The van der Waals surface area contributed by atoms with Crippen molar-refractivity contribution in [2.24, 2.45) is 0 Å². The number of hydrogen-bond acceptors (Lipinski definition) is 3. The summed E-state index contributed by atoms with van der Waals surface area (Å²) in [7, 11) is 4.00. The van der Waals surface area contributed by atoms with Crippen molar-refractivity contribution in [3.63, 3.8) is 0 Å². The molecule has 0 aliphatic rings. The van der Waals surface area contributed by atoms with Crippen molar-refractivity contribution in [1.82, 2.24) is 14.6 Å². The predicted molar refractivity (Wildman–Crippen MR) is 47.3 cm³/mol. The minimum Gasteiger partial charge on any atom is -0.376 e. The first-order valence-corrected chi connectivity index (χ1v) is 3.74. The van der Waals surface area contributed by atoms with Gasteiger partial charge in [0, 0.05) is 14.1 Å². The van der Waals surface area contributed by atoms with Crippen LogP contribution in [0.4, 0.5) is 5.69 Å². The predicted octanol–water partition coefficient (Wildman–Crippen LogP) is 0.795. The third-order valence-electron chi connectivity index (χ3n) is 1.77. The monoisotopic (exact) mass is 162 g/mol. The molecule has 0 unspecified atom stereocenters. The Morgan fingerprint density at radius 2 is 2.17 bits per heavy atom. The molecule has 0 bridgehead atoms. The quantitative estimate of drug-likeness (QED) is 0.621. The third kappa shape index (κ3) is 1.01. The molecule has 0 aliphatic carbocycles. The molecule has 2 aromatic rings. The van der Waals surface area contributed by atoms with Crippen LogP contribution in [-0.4, -0.2) is 28.7 Å². The maximum atomic E-state index is 4.05. The average Bonchev–Trinajstić information content (AvgIpc) is 2.49. The minimum absolute atomic E-state index is 0.876. The zero-order valence-electron chi connectivity index (χ0n) is 7.10. The zero-order valence-corrected chi connectivity index (χ0v) is 7.10. The summed E-state index contributed by atoms with van der Waals surface area (Å²) in [6.45, 7) is 0. The molecule has 2 rings (SSSR count). The highest BCUT2D eigenvalue weighted by Crippen LogP contribution is 2.10. The van der Waals surface area contributed by atoms with Crippen LogP contribution in [0.5, 0.6) is 0 Å². The Morgan fingerprint density at radius 3 is 2.92 bits per heavy atom. The highest BCUT2D eigenvalue weighted by molar-refractivity contribution is 5.49. The molecule has 0 amide bonds. The van der Waals surface area contributed by atoms with E-state index in [1.807, 2.05) is 37.3 Å². The fraction of sp³-hybridized carbons (Fsp3) is 0.250. The number of pyridine rings is 1. The molecule has 2 heterocycles. The molecule has 0 aliphatic heterocycles.